The Morgan fingerprint density at radius 3 is 2.86 bits per heavy atom. The highest BCUT2D eigenvalue weighted by atomic mass is 19.1. The standard InChI is InChI=1S/C9H8FN3O/c10-6-3-1-2-5(8(6)14)7-4-12-9(11)13-7/h1-4,14H,(H3,11,12,13). The van der Waals surface area contributed by atoms with Gasteiger partial charge in [-0.3, -0.25) is 0 Å². The van der Waals surface area contributed by atoms with Crippen molar-refractivity contribution in [3.63, 3.8) is 0 Å². The fourth-order valence-electron chi connectivity index (χ4n) is 1.21. The van der Waals surface area contributed by atoms with E-state index in [4.69, 9.17) is 5.73 Å². The number of nitrogens with zero attached hydrogens (tertiary/aromatic N) is 1. The van der Waals surface area contributed by atoms with Gasteiger partial charge in [-0.25, -0.2) is 9.37 Å². The SMILES string of the molecule is Nc1ncc(-c2cccc(F)c2O)[nH]1. The van der Waals surface area contributed by atoms with Crippen molar-refractivity contribution in [3.05, 3.63) is 30.2 Å². The molecule has 4 N–H and O–H groups in total. The Morgan fingerprint density at radius 1 is 1.43 bits per heavy atom. The summed E-state index contributed by atoms with van der Waals surface area (Å²) in [5, 5.41) is 9.40. The molecule has 1 aromatic heterocycles. The number of aromatic nitrogens is 2. The van der Waals surface area contributed by atoms with Crippen molar-refractivity contribution in [1.29, 1.82) is 0 Å². The van der Waals surface area contributed by atoms with Crippen molar-refractivity contribution in [3.8, 4) is 17.0 Å². The molecule has 0 aliphatic heterocycles. The molecule has 0 atom stereocenters. The van der Waals surface area contributed by atoms with Crippen LogP contribution in [0.5, 0.6) is 5.75 Å². The Hall–Kier alpha value is -2.04. The van der Waals surface area contributed by atoms with Crippen molar-refractivity contribution in [2.45, 2.75) is 0 Å². The number of rotatable bonds is 1. The summed E-state index contributed by atoms with van der Waals surface area (Å²) in [5.74, 6) is -0.851. The third-order valence-corrected chi connectivity index (χ3v) is 1.87. The summed E-state index contributed by atoms with van der Waals surface area (Å²) in [7, 11) is 0. The Morgan fingerprint density at radius 2 is 2.21 bits per heavy atom. The zero-order valence-corrected chi connectivity index (χ0v) is 7.16. The summed E-state index contributed by atoms with van der Waals surface area (Å²) in [4.78, 5) is 6.45. The lowest BCUT2D eigenvalue weighted by Gasteiger charge is -2.01. The molecule has 1 aromatic carbocycles. The molecule has 0 aliphatic rings. The predicted molar refractivity (Wildman–Crippen MR) is 50.1 cm³/mol. The van der Waals surface area contributed by atoms with Crippen LogP contribution in [0.15, 0.2) is 24.4 Å². The lowest BCUT2D eigenvalue weighted by molar-refractivity contribution is 0.434. The van der Waals surface area contributed by atoms with Gasteiger partial charge in [0, 0.05) is 5.56 Å². The van der Waals surface area contributed by atoms with Gasteiger partial charge in [0.2, 0.25) is 0 Å². The summed E-state index contributed by atoms with van der Waals surface area (Å²) in [5.41, 5.74) is 6.19. The summed E-state index contributed by atoms with van der Waals surface area (Å²) >= 11 is 0. The maximum Gasteiger partial charge on any atom is 0.197 e. The number of nitrogens with one attached hydrogen (secondary N) is 1. The summed E-state index contributed by atoms with van der Waals surface area (Å²) < 4.78 is 13.0. The van der Waals surface area contributed by atoms with E-state index >= 15 is 0 Å². The van der Waals surface area contributed by atoms with E-state index in [1.165, 1.54) is 18.3 Å². The lowest BCUT2D eigenvalue weighted by atomic mass is 10.1. The molecule has 2 rings (SSSR count). The van der Waals surface area contributed by atoms with Crippen LogP contribution in [0, 0.1) is 5.82 Å². The number of nitrogen functional groups attached to an aromatic ring is 1. The minimum Gasteiger partial charge on any atom is -0.504 e. The number of aromatic amines is 1. The van der Waals surface area contributed by atoms with Gasteiger partial charge in [0.1, 0.15) is 0 Å². The average molecular weight is 193 g/mol. The van der Waals surface area contributed by atoms with Crippen molar-refractivity contribution >= 4 is 5.95 Å². The first kappa shape index (κ1) is 8.55. The fraction of sp³-hybridized carbons (Fsp3) is 0. The normalized spacial score (nSPS) is 10.4. The highest BCUT2D eigenvalue weighted by Crippen LogP contribution is 2.29. The molecule has 0 saturated heterocycles. The first-order valence-electron chi connectivity index (χ1n) is 3.97. The van der Waals surface area contributed by atoms with Crippen LogP contribution < -0.4 is 5.73 Å². The molecule has 0 spiro atoms. The van der Waals surface area contributed by atoms with Gasteiger partial charge >= 0.3 is 0 Å². The number of phenolic OH excluding ortho intramolecular Hbond substituents is 1. The van der Waals surface area contributed by atoms with Gasteiger partial charge in [-0.15, -0.1) is 0 Å². The van der Waals surface area contributed by atoms with Crippen LogP contribution in [0.1, 0.15) is 0 Å². The van der Waals surface area contributed by atoms with Crippen molar-refractivity contribution in [2.24, 2.45) is 0 Å². The maximum atomic E-state index is 13.0. The molecule has 0 bridgehead atoms. The number of hydrogen-bond acceptors (Lipinski definition) is 3. The minimum atomic E-state index is -0.671. The molecule has 0 unspecified atom stereocenters. The monoisotopic (exact) mass is 193 g/mol. The second kappa shape index (κ2) is 3.02. The fourth-order valence-corrected chi connectivity index (χ4v) is 1.21. The molecular weight excluding hydrogens is 185 g/mol. The molecule has 2 aromatic rings. The van der Waals surface area contributed by atoms with Crippen LogP contribution in [0.25, 0.3) is 11.3 Å². The number of imidazole rings is 1. The van der Waals surface area contributed by atoms with Crippen molar-refractivity contribution < 1.29 is 9.50 Å². The smallest absolute Gasteiger partial charge is 0.197 e. The van der Waals surface area contributed by atoms with E-state index in [1.807, 2.05) is 0 Å². The van der Waals surface area contributed by atoms with E-state index in [0.29, 0.717) is 11.3 Å². The van der Waals surface area contributed by atoms with Crippen LogP contribution >= 0.6 is 0 Å². The summed E-state index contributed by atoms with van der Waals surface area (Å²) in [6, 6.07) is 4.26. The molecular formula is C9H8FN3O. The number of phenols is 1. The third kappa shape index (κ3) is 1.28. The maximum absolute atomic E-state index is 13.0. The van der Waals surface area contributed by atoms with Crippen LogP contribution in [0.2, 0.25) is 0 Å². The van der Waals surface area contributed by atoms with Crippen LogP contribution in [-0.4, -0.2) is 15.1 Å². The predicted octanol–water partition coefficient (Wildman–Crippen LogP) is 1.50. The van der Waals surface area contributed by atoms with Gasteiger partial charge in [-0.2, -0.15) is 0 Å². The van der Waals surface area contributed by atoms with Crippen LogP contribution in [-0.2, 0) is 0 Å². The second-order valence-corrected chi connectivity index (χ2v) is 2.82. The molecule has 0 amide bonds. The van der Waals surface area contributed by atoms with E-state index in [1.54, 1.807) is 6.07 Å². The number of nitrogens with two attached hydrogens (primary N) is 1. The highest BCUT2D eigenvalue weighted by molar-refractivity contribution is 5.67. The van der Waals surface area contributed by atoms with Crippen molar-refractivity contribution in [1.82, 2.24) is 9.97 Å². The van der Waals surface area contributed by atoms with E-state index in [9.17, 15) is 9.50 Å². The first-order chi connectivity index (χ1) is 6.68. The van der Waals surface area contributed by atoms with Gasteiger partial charge in [0.05, 0.1) is 11.9 Å². The number of aromatic hydroxyl groups is 1. The van der Waals surface area contributed by atoms with E-state index in [0.717, 1.165) is 0 Å². The van der Waals surface area contributed by atoms with Crippen molar-refractivity contribution in [2.75, 3.05) is 5.73 Å². The zero-order chi connectivity index (χ0) is 10.1. The molecule has 0 fully saturated rings. The van der Waals surface area contributed by atoms with Gasteiger partial charge in [-0.05, 0) is 12.1 Å². The second-order valence-electron chi connectivity index (χ2n) is 2.82. The third-order valence-electron chi connectivity index (χ3n) is 1.87. The van der Waals surface area contributed by atoms with Gasteiger partial charge < -0.3 is 15.8 Å². The Labute approximate surface area is 79.2 Å². The van der Waals surface area contributed by atoms with Gasteiger partial charge in [0.15, 0.2) is 17.5 Å². The minimum absolute atomic E-state index is 0.226. The molecule has 14 heavy (non-hydrogen) atoms. The van der Waals surface area contributed by atoms with Gasteiger partial charge in [-0.1, -0.05) is 6.07 Å². The lowest BCUT2D eigenvalue weighted by Crippen LogP contribution is -1.86. The number of hydrogen-bond donors (Lipinski definition) is 3. The molecule has 1 heterocycles. The molecule has 0 radical (unpaired) electrons. The number of benzene rings is 1. The Balaban J connectivity index is 2.57. The Kier molecular flexibility index (Phi) is 1.85. The topological polar surface area (TPSA) is 74.9 Å². The molecule has 5 heteroatoms. The number of para-hydroxylation sites is 1. The molecule has 72 valence electrons. The zero-order valence-electron chi connectivity index (χ0n) is 7.16. The number of H-pyrrole nitrogens is 1. The summed E-state index contributed by atoms with van der Waals surface area (Å²) in [6.45, 7) is 0. The van der Waals surface area contributed by atoms with E-state index in [2.05, 4.69) is 9.97 Å². The van der Waals surface area contributed by atoms with Crippen LogP contribution in [0.4, 0.5) is 10.3 Å². The van der Waals surface area contributed by atoms with E-state index in [-0.39, 0.29) is 5.95 Å². The average Bonchev–Trinajstić information content (AvgIpc) is 2.57. The molecule has 0 saturated carbocycles. The number of anilines is 1. The largest absolute Gasteiger partial charge is 0.504 e. The molecule has 0 aliphatic carbocycles. The summed E-state index contributed by atoms with van der Waals surface area (Å²) in [6.07, 6.45) is 1.43. The number of halogens is 1. The van der Waals surface area contributed by atoms with Gasteiger partial charge in [0.25, 0.3) is 0 Å². The highest BCUT2D eigenvalue weighted by Gasteiger charge is 2.09. The Bertz CT molecular complexity index is 467. The molecule has 4 nitrogen and oxygen atoms in total. The van der Waals surface area contributed by atoms with E-state index < -0.39 is 11.6 Å². The quantitative estimate of drug-likeness (QED) is 0.642. The first-order valence-corrected chi connectivity index (χ1v) is 3.97. The van der Waals surface area contributed by atoms with Crippen LogP contribution in [0.3, 0.4) is 0 Å².